The molecule has 1 N–H and O–H groups in total. The average Bonchev–Trinajstić information content (AvgIpc) is 2.37. The van der Waals surface area contributed by atoms with Crippen LogP contribution < -0.4 is 5.32 Å². The van der Waals surface area contributed by atoms with Gasteiger partial charge in [-0.05, 0) is 25.1 Å². The zero-order valence-corrected chi connectivity index (χ0v) is 13.9. The minimum atomic E-state index is -4.65. The Hall–Kier alpha value is -0.540. The van der Waals surface area contributed by atoms with Gasteiger partial charge in [0.1, 0.15) is 0 Å². The van der Waals surface area contributed by atoms with E-state index in [4.69, 9.17) is 11.6 Å². The van der Waals surface area contributed by atoms with Gasteiger partial charge in [-0.1, -0.05) is 11.6 Å². The van der Waals surface area contributed by atoms with E-state index in [1.165, 1.54) is 4.31 Å². The summed E-state index contributed by atoms with van der Waals surface area (Å²) in [4.78, 5) is -0.434. The fourth-order valence-corrected chi connectivity index (χ4v) is 4.04. The third-order valence-electron chi connectivity index (χ3n) is 3.17. The zero-order chi connectivity index (χ0) is 15.8. The minimum Gasteiger partial charge on any atom is -0.312 e. The molecule has 0 aromatic heterocycles. The second-order valence-electron chi connectivity index (χ2n) is 4.89. The average molecular weight is 379 g/mol. The molecule has 0 spiro atoms. The summed E-state index contributed by atoms with van der Waals surface area (Å²) in [6.45, 7) is 2.67. The van der Waals surface area contributed by atoms with E-state index in [1.807, 2.05) is 0 Å². The number of halogens is 5. The van der Waals surface area contributed by atoms with Crippen molar-refractivity contribution in [3.63, 3.8) is 0 Å². The number of piperazine rings is 1. The third kappa shape index (κ3) is 4.26. The number of benzene rings is 1. The van der Waals surface area contributed by atoms with E-state index in [2.05, 4.69) is 5.32 Å². The molecule has 1 aromatic carbocycles. The van der Waals surface area contributed by atoms with Crippen LogP contribution in [0, 0.1) is 0 Å². The maximum absolute atomic E-state index is 12.8. The molecule has 1 aliphatic rings. The molecule has 1 aliphatic heterocycles. The van der Waals surface area contributed by atoms with Crippen LogP contribution in [0.5, 0.6) is 0 Å². The van der Waals surface area contributed by atoms with Crippen LogP contribution in [0.1, 0.15) is 12.5 Å². The predicted molar refractivity (Wildman–Crippen MR) is 79.9 cm³/mol. The molecule has 1 unspecified atom stereocenters. The highest BCUT2D eigenvalue weighted by Crippen LogP contribution is 2.33. The first kappa shape index (κ1) is 19.5. The molecule has 4 nitrogen and oxygen atoms in total. The highest BCUT2D eigenvalue weighted by molar-refractivity contribution is 7.89. The number of alkyl halides is 3. The summed E-state index contributed by atoms with van der Waals surface area (Å²) >= 11 is 5.63. The Balaban J connectivity index is 0.00000242. The highest BCUT2D eigenvalue weighted by atomic mass is 35.5. The fourth-order valence-electron chi connectivity index (χ4n) is 2.14. The topological polar surface area (TPSA) is 49.4 Å². The number of hydrogen-bond acceptors (Lipinski definition) is 3. The van der Waals surface area contributed by atoms with Crippen molar-refractivity contribution in [2.45, 2.75) is 24.0 Å². The van der Waals surface area contributed by atoms with E-state index < -0.39 is 26.7 Å². The first-order chi connectivity index (χ1) is 9.60. The smallest absolute Gasteiger partial charge is 0.312 e. The summed E-state index contributed by atoms with van der Waals surface area (Å²) < 4.78 is 64.3. The van der Waals surface area contributed by atoms with E-state index in [0.717, 1.165) is 6.07 Å². The molecule has 2 rings (SSSR count). The van der Waals surface area contributed by atoms with Crippen LogP contribution in [0.3, 0.4) is 0 Å². The van der Waals surface area contributed by atoms with Gasteiger partial charge in [0.05, 0.1) is 10.5 Å². The van der Waals surface area contributed by atoms with Gasteiger partial charge in [0.25, 0.3) is 0 Å². The summed E-state index contributed by atoms with van der Waals surface area (Å²) in [6, 6.07) is 2.31. The Morgan fingerprint density at radius 1 is 1.32 bits per heavy atom. The summed E-state index contributed by atoms with van der Waals surface area (Å²) in [5.74, 6) is 0. The lowest BCUT2D eigenvalue weighted by Gasteiger charge is -2.31. The molecule has 1 atom stereocenters. The molecule has 0 radical (unpaired) electrons. The molecule has 10 heteroatoms. The van der Waals surface area contributed by atoms with Crippen molar-refractivity contribution < 1.29 is 21.6 Å². The van der Waals surface area contributed by atoms with Gasteiger partial charge in [0.15, 0.2) is 0 Å². The van der Waals surface area contributed by atoms with Crippen LogP contribution in [0.4, 0.5) is 13.2 Å². The molecule has 126 valence electrons. The van der Waals surface area contributed by atoms with Crippen molar-refractivity contribution >= 4 is 34.0 Å². The lowest BCUT2D eigenvalue weighted by molar-refractivity contribution is -0.137. The van der Waals surface area contributed by atoms with Crippen LogP contribution >= 0.6 is 24.0 Å². The van der Waals surface area contributed by atoms with Crippen molar-refractivity contribution in [2.24, 2.45) is 0 Å². The van der Waals surface area contributed by atoms with Gasteiger partial charge >= 0.3 is 6.18 Å². The van der Waals surface area contributed by atoms with E-state index in [-0.39, 0.29) is 36.6 Å². The second kappa shape index (κ2) is 6.92. The van der Waals surface area contributed by atoms with Crippen LogP contribution in [0.25, 0.3) is 0 Å². The van der Waals surface area contributed by atoms with Crippen LogP contribution in [0.2, 0.25) is 5.02 Å². The Labute approximate surface area is 138 Å². The van der Waals surface area contributed by atoms with E-state index >= 15 is 0 Å². The molecule has 0 amide bonds. The van der Waals surface area contributed by atoms with Crippen LogP contribution in [-0.2, 0) is 16.2 Å². The van der Waals surface area contributed by atoms with Gasteiger partial charge < -0.3 is 5.32 Å². The Morgan fingerprint density at radius 2 is 1.95 bits per heavy atom. The molecule has 22 heavy (non-hydrogen) atoms. The van der Waals surface area contributed by atoms with Gasteiger partial charge in [-0.25, -0.2) is 8.42 Å². The van der Waals surface area contributed by atoms with Gasteiger partial charge in [0, 0.05) is 30.7 Å². The maximum atomic E-state index is 12.8. The molecule has 0 saturated carbocycles. The summed E-state index contributed by atoms with van der Waals surface area (Å²) in [5.41, 5.74) is -1.07. The van der Waals surface area contributed by atoms with E-state index in [1.54, 1.807) is 6.92 Å². The SMILES string of the molecule is CC1CN(S(=O)(=O)c2cc(Cl)cc(C(F)(F)F)c2)CCN1.Cl. The Morgan fingerprint density at radius 3 is 2.50 bits per heavy atom. The molecule has 1 heterocycles. The zero-order valence-electron chi connectivity index (χ0n) is 11.5. The van der Waals surface area contributed by atoms with Gasteiger partial charge in [-0.3, -0.25) is 0 Å². The standard InChI is InChI=1S/C12H14ClF3N2O2S.ClH/c1-8-7-18(3-2-17-8)21(19,20)11-5-9(12(14,15)16)4-10(13)6-11;/h4-6,8,17H,2-3,7H2,1H3;1H. The Kier molecular flexibility index (Phi) is 6.14. The number of nitrogens with zero attached hydrogens (tertiary/aromatic N) is 1. The predicted octanol–water partition coefficient (Wildman–Crippen LogP) is 2.76. The van der Waals surface area contributed by atoms with E-state index in [9.17, 15) is 21.6 Å². The lowest BCUT2D eigenvalue weighted by atomic mass is 10.2. The molecule has 1 saturated heterocycles. The van der Waals surface area contributed by atoms with Crippen LogP contribution in [0.15, 0.2) is 23.1 Å². The van der Waals surface area contributed by atoms with Crippen molar-refractivity contribution in [1.82, 2.24) is 9.62 Å². The first-order valence-corrected chi connectivity index (χ1v) is 8.04. The van der Waals surface area contributed by atoms with E-state index in [0.29, 0.717) is 18.7 Å². The molecular weight excluding hydrogens is 364 g/mol. The quantitative estimate of drug-likeness (QED) is 0.860. The number of sulfonamides is 1. The second-order valence-corrected chi connectivity index (χ2v) is 7.27. The van der Waals surface area contributed by atoms with Crippen molar-refractivity contribution in [2.75, 3.05) is 19.6 Å². The number of hydrogen-bond donors (Lipinski definition) is 1. The first-order valence-electron chi connectivity index (χ1n) is 6.22. The van der Waals surface area contributed by atoms with Crippen LogP contribution in [-0.4, -0.2) is 38.4 Å². The molecule has 1 aromatic rings. The monoisotopic (exact) mass is 378 g/mol. The largest absolute Gasteiger partial charge is 0.416 e. The number of nitrogens with one attached hydrogen (secondary N) is 1. The third-order valence-corrected chi connectivity index (χ3v) is 5.23. The summed E-state index contributed by atoms with van der Waals surface area (Å²) in [7, 11) is -3.99. The molecule has 0 aliphatic carbocycles. The molecule has 1 fully saturated rings. The van der Waals surface area contributed by atoms with Crippen molar-refractivity contribution in [1.29, 1.82) is 0 Å². The van der Waals surface area contributed by atoms with Gasteiger partial charge in [0.2, 0.25) is 10.0 Å². The fraction of sp³-hybridized carbons (Fsp3) is 0.500. The minimum absolute atomic E-state index is 0. The Bertz CT molecular complexity index is 638. The number of rotatable bonds is 2. The highest BCUT2D eigenvalue weighted by Gasteiger charge is 2.34. The summed E-state index contributed by atoms with van der Waals surface area (Å²) in [5, 5.41) is 2.81. The van der Waals surface area contributed by atoms with Gasteiger partial charge in [-0.15, -0.1) is 12.4 Å². The van der Waals surface area contributed by atoms with Crippen molar-refractivity contribution in [3.05, 3.63) is 28.8 Å². The lowest BCUT2D eigenvalue weighted by Crippen LogP contribution is -2.51. The maximum Gasteiger partial charge on any atom is 0.416 e. The summed E-state index contributed by atoms with van der Waals surface area (Å²) in [6.07, 6.45) is -4.65. The van der Waals surface area contributed by atoms with Crippen molar-refractivity contribution in [3.8, 4) is 0 Å². The van der Waals surface area contributed by atoms with Gasteiger partial charge in [-0.2, -0.15) is 17.5 Å². The molecule has 0 bridgehead atoms. The molecular formula is C12H15Cl2F3N2O2S. The normalized spacial score (nSPS) is 20.5.